The van der Waals surface area contributed by atoms with E-state index in [2.05, 4.69) is 30.7 Å². The third-order valence-electron chi connectivity index (χ3n) is 2.63. The number of rotatable bonds is 5. The molecule has 3 nitrogen and oxygen atoms in total. The lowest BCUT2D eigenvalue weighted by molar-refractivity contribution is -0.142. The van der Waals surface area contributed by atoms with Crippen molar-refractivity contribution in [1.29, 1.82) is 0 Å². The number of nitrogens with two attached hydrogens (primary N) is 1. The minimum absolute atomic E-state index is 0.365. The average Bonchev–Trinajstić information content (AvgIpc) is 2.30. The first-order valence-electron chi connectivity index (χ1n) is 5.94. The Hall–Kier alpha value is -1.35. The Morgan fingerprint density at radius 1 is 1.18 bits per heavy atom. The molecule has 0 spiro atoms. The summed E-state index contributed by atoms with van der Waals surface area (Å²) in [6.07, 6.45) is 1.60. The van der Waals surface area contributed by atoms with E-state index in [1.54, 1.807) is 0 Å². The first-order chi connectivity index (χ1) is 8.02. The molecule has 0 bridgehead atoms. The molecule has 0 saturated carbocycles. The van der Waals surface area contributed by atoms with Crippen LogP contribution in [0.4, 0.5) is 0 Å². The Morgan fingerprint density at radius 2 is 1.65 bits per heavy atom. The maximum atomic E-state index is 11.2. The smallest absolute Gasteiger partial charge is 0.322 e. The van der Waals surface area contributed by atoms with E-state index in [9.17, 15) is 4.79 Å². The van der Waals surface area contributed by atoms with Crippen LogP contribution < -0.4 is 5.73 Å². The molecule has 94 valence electrons. The topological polar surface area (TPSA) is 52.3 Å². The second kappa shape index (κ2) is 6.40. The molecule has 1 rings (SSSR count). The first-order valence-corrected chi connectivity index (χ1v) is 5.94. The molecule has 0 aliphatic rings. The lowest BCUT2D eigenvalue weighted by Gasteiger charge is -2.10. The standard InChI is InChI=1S/C14H21NO2/c1-10(2)8-11-4-6-12(7-5-11)9-13(15)14(16)17-3/h4-7,10,13H,8-9,15H2,1-3H3. The summed E-state index contributed by atoms with van der Waals surface area (Å²) in [7, 11) is 1.36. The summed E-state index contributed by atoms with van der Waals surface area (Å²) >= 11 is 0. The van der Waals surface area contributed by atoms with Gasteiger partial charge in [0.2, 0.25) is 0 Å². The summed E-state index contributed by atoms with van der Waals surface area (Å²) in [4.78, 5) is 11.2. The van der Waals surface area contributed by atoms with E-state index >= 15 is 0 Å². The van der Waals surface area contributed by atoms with Crippen molar-refractivity contribution in [1.82, 2.24) is 0 Å². The SMILES string of the molecule is COC(=O)C(N)Cc1ccc(CC(C)C)cc1. The van der Waals surface area contributed by atoms with Gasteiger partial charge in [-0.3, -0.25) is 4.79 Å². The van der Waals surface area contributed by atoms with Crippen molar-refractivity contribution in [3.63, 3.8) is 0 Å². The van der Waals surface area contributed by atoms with E-state index in [0.29, 0.717) is 12.3 Å². The van der Waals surface area contributed by atoms with E-state index in [-0.39, 0.29) is 5.97 Å². The van der Waals surface area contributed by atoms with Gasteiger partial charge in [-0.05, 0) is 29.9 Å². The van der Waals surface area contributed by atoms with Gasteiger partial charge in [0, 0.05) is 0 Å². The van der Waals surface area contributed by atoms with Crippen LogP contribution in [0.2, 0.25) is 0 Å². The number of carbonyl (C=O) groups is 1. The van der Waals surface area contributed by atoms with E-state index in [1.165, 1.54) is 12.7 Å². The van der Waals surface area contributed by atoms with Gasteiger partial charge in [-0.25, -0.2) is 0 Å². The predicted molar refractivity (Wildman–Crippen MR) is 68.7 cm³/mol. The normalized spacial score (nSPS) is 12.5. The van der Waals surface area contributed by atoms with Crippen LogP contribution in [-0.2, 0) is 22.4 Å². The summed E-state index contributed by atoms with van der Waals surface area (Å²) in [5, 5.41) is 0. The van der Waals surface area contributed by atoms with Crippen molar-refractivity contribution in [3.05, 3.63) is 35.4 Å². The zero-order valence-corrected chi connectivity index (χ0v) is 10.8. The molecule has 17 heavy (non-hydrogen) atoms. The molecule has 0 aliphatic heterocycles. The molecule has 0 fully saturated rings. The van der Waals surface area contributed by atoms with Gasteiger partial charge >= 0.3 is 5.97 Å². The number of hydrogen-bond donors (Lipinski definition) is 1. The molecule has 1 aromatic rings. The molecule has 0 heterocycles. The van der Waals surface area contributed by atoms with E-state index in [0.717, 1.165) is 12.0 Å². The van der Waals surface area contributed by atoms with Crippen molar-refractivity contribution in [2.24, 2.45) is 11.7 Å². The quantitative estimate of drug-likeness (QED) is 0.793. The van der Waals surface area contributed by atoms with Gasteiger partial charge in [0.1, 0.15) is 6.04 Å². The van der Waals surface area contributed by atoms with Crippen molar-refractivity contribution in [3.8, 4) is 0 Å². The predicted octanol–water partition coefficient (Wildman–Crippen LogP) is 1.93. The first kappa shape index (κ1) is 13.7. The highest BCUT2D eigenvalue weighted by atomic mass is 16.5. The summed E-state index contributed by atoms with van der Waals surface area (Å²) < 4.78 is 4.60. The second-order valence-corrected chi connectivity index (χ2v) is 4.75. The largest absolute Gasteiger partial charge is 0.468 e. The van der Waals surface area contributed by atoms with Gasteiger partial charge in [-0.1, -0.05) is 38.1 Å². The van der Waals surface area contributed by atoms with Crippen molar-refractivity contribution >= 4 is 5.97 Å². The maximum absolute atomic E-state index is 11.2. The monoisotopic (exact) mass is 235 g/mol. The Balaban J connectivity index is 2.59. The van der Waals surface area contributed by atoms with Gasteiger partial charge in [-0.15, -0.1) is 0 Å². The third-order valence-corrected chi connectivity index (χ3v) is 2.63. The number of esters is 1. The molecule has 0 aromatic heterocycles. The molecule has 2 N–H and O–H groups in total. The number of ether oxygens (including phenoxy) is 1. The molecule has 1 atom stereocenters. The van der Waals surface area contributed by atoms with Crippen LogP contribution in [0.3, 0.4) is 0 Å². The average molecular weight is 235 g/mol. The zero-order valence-electron chi connectivity index (χ0n) is 10.8. The van der Waals surface area contributed by atoms with Gasteiger partial charge in [0.15, 0.2) is 0 Å². The van der Waals surface area contributed by atoms with Crippen LogP contribution in [0.15, 0.2) is 24.3 Å². The van der Waals surface area contributed by atoms with E-state index < -0.39 is 6.04 Å². The van der Waals surface area contributed by atoms with E-state index in [4.69, 9.17) is 5.73 Å². The number of methoxy groups -OCH3 is 1. The Kier molecular flexibility index (Phi) is 5.16. The number of carbonyl (C=O) groups excluding carboxylic acids is 1. The highest BCUT2D eigenvalue weighted by molar-refractivity contribution is 5.75. The Labute approximate surface area is 103 Å². The van der Waals surface area contributed by atoms with E-state index in [1.807, 2.05) is 12.1 Å². The van der Waals surface area contributed by atoms with Crippen molar-refractivity contribution < 1.29 is 9.53 Å². The summed E-state index contributed by atoms with van der Waals surface area (Å²) in [5.74, 6) is 0.287. The van der Waals surface area contributed by atoms with Gasteiger partial charge in [0.25, 0.3) is 0 Å². The minimum Gasteiger partial charge on any atom is -0.468 e. The Bertz CT molecular complexity index is 357. The molecule has 3 heteroatoms. The second-order valence-electron chi connectivity index (χ2n) is 4.75. The zero-order chi connectivity index (χ0) is 12.8. The molecule has 0 aliphatic carbocycles. The molecule has 0 radical (unpaired) electrons. The fourth-order valence-electron chi connectivity index (χ4n) is 1.77. The summed E-state index contributed by atoms with van der Waals surface area (Å²) in [6, 6.07) is 7.68. The number of hydrogen-bond acceptors (Lipinski definition) is 3. The van der Waals surface area contributed by atoms with Crippen LogP contribution in [0.25, 0.3) is 0 Å². The Morgan fingerprint density at radius 3 is 2.06 bits per heavy atom. The summed E-state index contributed by atoms with van der Waals surface area (Å²) in [5.41, 5.74) is 8.08. The van der Waals surface area contributed by atoms with Gasteiger partial charge in [0.05, 0.1) is 7.11 Å². The molecule has 0 saturated heterocycles. The van der Waals surface area contributed by atoms with Crippen LogP contribution in [0, 0.1) is 5.92 Å². The lowest BCUT2D eigenvalue weighted by Crippen LogP contribution is -2.33. The molecule has 1 unspecified atom stereocenters. The highest BCUT2D eigenvalue weighted by Crippen LogP contribution is 2.11. The maximum Gasteiger partial charge on any atom is 0.322 e. The van der Waals surface area contributed by atoms with Crippen LogP contribution in [-0.4, -0.2) is 19.1 Å². The molecular weight excluding hydrogens is 214 g/mol. The molecular formula is C14H21NO2. The number of benzene rings is 1. The molecule has 0 amide bonds. The fourth-order valence-corrected chi connectivity index (χ4v) is 1.77. The van der Waals surface area contributed by atoms with Crippen LogP contribution in [0.1, 0.15) is 25.0 Å². The lowest BCUT2D eigenvalue weighted by atomic mass is 9.99. The van der Waals surface area contributed by atoms with Crippen molar-refractivity contribution in [2.75, 3.05) is 7.11 Å². The van der Waals surface area contributed by atoms with Gasteiger partial charge < -0.3 is 10.5 Å². The van der Waals surface area contributed by atoms with Crippen LogP contribution >= 0.6 is 0 Å². The summed E-state index contributed by atoms with van der Waals surface area (Å²) in [6.45, 7) is 4.39. The minimum atomic E-state index is -0.573. The fraction of sp³-hybridized carbons (Fsp3) is 0.500. The third kappa shape index (κ3) is 4.57. The van der Waals surface area contributed by atoms with Crippen molar-refractivity contribution in [2.45, 2.75) is 32.7 Å². The molecule has 1 aromatic carbocycles. The van der Waals surface area contributed by atoms with Crippen LogP contribution in [0.5, 0.6) is 0 Å². The highest BCUT2D eigenvalue weighted by Gasteiger charge is 2.13. The van der Waals surface area contributed by atoms with Gasteiger partial charge in [-0.2, -0.15) is 0 Å².